The van der Waals surface area contributed by atoms with E-state index in [2.05, 4.69) is 0 Å². The van der Waals surface area contributed by atoms with E-state index in [4.69, 9.17) is 9.47 Å². The van der Waals surface area contributed by atoms with Gasteiger partial charge in [0.15, 0.2) is 11.5 Å². The molecule has 0 bridgehead atoms. The van der Waals surface area contributed by atoms with Crippen LogP contribution in [0.3, 0.4) is 0 Å². The maximum Gasteiger partial charge on any atom is 0.246 e. The molecule has 0 fully saturated rings. The molecule has 0 aromatic heterocycles. The number of hydrogen-bond donors (Lipinski definition) is 0. The Bertz CT molecular complexity index is 741. The van der Waals surface area contributed by atoms with Crippen molar-refractivity contribution < 1.29 is 18.7 Å². The first-order valence-corrected chi connectivity index (χ1v) is 8.02. The normalized spacial score (nSPS) is 10.7. The highest BCUT2D eigenvalue weighted by atomic mass is 19.1. The second-order valence-corrected chi connectivity index (χ2v) is 5.50. The second-order valence-electron chi connectivity index (χ2n) is 5.50. The van der Waals surface area contributed by atoms with Crippen molar-refractivity contribution in [1.82, 2.24) is 4.90 Å². The maximum absolute atomic E-state index is 12.9. The molecule has 25 heavy (non-hydrogen) atoms. The first-order valence-electron chi connectivity index (χ1n) is 8.02. The van der Waals surface area contributed by atoms with E-state index in [-0.39, 0.29) is 11.7 Å². The van der Waals surface area contributed by atoms with Crippen LogP contribution >= 0.6 is 0 Å². The molecule has 4 nitrogen and oxygen atoms in total. The Hall–Kier alpha value is -2.82. The van der Waals surface area contributed by atoms with Gasteiger partial charge < -0.3 is 14.4 Å². The number of halogens is 1. The summed E-state index contributed by atoms with van der Waals surface area (Å²) < 4.78 is 23.7. The number of benzene rings is 2. The van der Waals surface area contributed by atoms with Crippen molar-refractivity contribution in [2.24, 2.45) is 0 Å². The highest BCUT2D eigenvalue weighted by Gasteiger charge is 2.07. The molecule has 1 amide bonds. The van der Waals surface area contributed by atoms with E-state index in [0.717, 1.165) is 11.1 Å². The molecule has 0 saturated heterocycles. The smallest absolute Gasteiger partial charge is 0.246 e. The molecule has 2 aromatic rings. The number of likely N-dealkylation sites (N-methyl/N-ethyl adjacent to an activating group) is 1. The predicted molar refractivity (Wildman–Crippen MR) is 96.1 cm³/mol. The van der Waals surface area contributed by atoms with E-state index in [9.17, 15) is 9.18 Å². The highest BCUT2D eigenvalue weighted by Crippen LogP contribution is 2.28. The van der Waals surface area contributed by atoms with Crippen LogP contribution < -0.4 is 9.47 Å². The predicted octanol–water partition coefficient (Wildman–Crippen LogP) is 3.90. The van der Waals surface area contributed by atoms with Crippen LogP contribution in [0, 0.1) is 5.82 Å². The van der Waals surface area contributed by atoms with Gasteiger partial charge in [0, 0.05) is 19.7 Å². The summed E-state index contributed by atoms with van der Waals surface area (Å²) in [4.78, 5) is 13.8. The molecule has 0 radical (unpaired) electrons. The van der Waals surface area contributed by atoms with Gasteiger partial charge in [0.2, 0.25) is 5.91 Å². The number of ether oxygens (including phenoxy) is 2. The van der Waals surface area contributed by atoms with Crippen LogP contribution in [0.15, 0.2) is 48.5 Å². The third kappa shape index (κ3) is 5.35. The fraction of sp³-hybridized carbons (Fsp3) is 0.250. The molecule has 2 rings (SSSR count). The summed E-state index contributed by atoms with van der Waals surface area (Å²) in [5.74, 6) is 0.859. The third-order valence-electron chi connectivity index (χ3n) is 3.62. The number of nitrogens with zero attached hydrogens (tertiary/aromatic N) is 1. The molecule has 0 aliphatic carbocycles. The lowest BCUT2D eigenvalue weighted by Crippen LogP contribution is -2.24. The lowest BCUT2D eigenvalue weighted by atomic mass is 10.1. The molecule has 2 aromatic carbocycles. The van der Waals surface area contributed by atoms with E-state index >= 15 is 0 Å². The second kappa shape index (κ2) is 8.87. The van der Waals surface area contributed by atoms with Gasteiger partial charge in [-0.05, 0) is 48.4 Å². The average molecular weight is 343 g/mol. The van der Waals surface area contributed by atoms with Crippen LogP contribution in [0.1, 0.15) is 18.1 Å². The Morgan fingerprint density at radius 2 is 1.88 bits per heavy atom. The number of carbonyl (C=O) groups is 1. The first-order chi connectivity index (χ1) is 12.0. The summed E-state index contributed by atoms with van der Waals surface area (Å²) in [5.41, 5.74) is 1.71. The third-order valence-corrected chi connectivity index (χ3v) is 3.62. The zero-order valence-electron chi connectivity index (χ0n) is 14.7. The van der Waals surface area contributed by atoms with Gasteiger partial charge in [-0.25, -0.2) is 4.39 Å². The molecule has 0 aliphatic heterocycles. The molecule has 0 heterocycles. The van der Waals surface area contributed by atoms with Crippen molar-refractivity contribution in [2.75, 3.05) is 20.8 Å². The van der Waals surface area contributed by atoms with E-state index in [1.54, 1.807) is 37.3 Å². The van der Waals surface area contributed by atoms with Gasteiger partial charge in [-0.3, -0.25) is 4.79 Å². The van der Waals surface area contributed by atoms with E-state index in [1.165, 1.54) is 18.2 Å². The Morgan fingerprint density at radius 1 is 1.16 bits per heavy atom. The Balaban J connectivity index is 2.02. The fourth-order valence-corrected chi connectivity index (χ4v) is 2.30. The number of rotatable bonds is 7. The lowest BCUT2D eigenvalue weighted by Gasteiger charge is -2.15. The van der Waals surface area contributed by atoms with Gasteiger partial charge in [0.25, 0.3) is 0 Å². The molecule has 0 saturated carbocycles. The lowest BCUT2D eigenvalue weighted by molar-refractivity contribution is -0.125. The molecule has 0 aliphatic rings. The maximum atomic E-state index is 12.9. The number of methoxy groups -OCH3 is 1. The zero-order valence-corrected chi connectivity index (χ0v) is 14.7. The Morgan fingerprint density at radius 3 is 2.52 bits per heavy atom. The summed E-state index contributed by atoms with van der Waals surface area (Å²) in [5, 5.41) is 0. The topological polar surface area (TPSA) is 38.8 Å². The molecule has 0 spiro atoms. The van der Waals surface area contributed by atoms with Crippen molar-refractivity contribution in [3.63, 3.8) is 0 Å². The van der Waals surface area contributed by atoms with Crippen molar-refractivity contribution >= 4 is 12.0 Å². The van der Waals surface area contributed by atoms with Gasteiger partial charge in [0.05, 0.1) is 13.7 Å². The summed E-state index contributed by atoms with van der Waals surface area (Å²) in [7, 11) is 3.28. The van der Waals surface area contributed by atoms with Crippen LogP contribution in [0.4, 0.5) is 4.39 Å². The standard InChI is InChI=1S/C20H22FNO3/c1-4-25-18-11-7-15(13-19(18)24-3)8-12-20(23)22(2)14-16-5-9-17(21)10-6-16/h5-13H,4,14H2,1-3H3/b12-8+. The van der Waals surface area contributed by atoms with Gasteiger partial charge in [-0.15, -0.1) is 0 Å². The van der Waals surface area contributed by atoms with E-state index in [0.29, 0.717) is 24.7 Å². The average Bonchev–Trinajstić information content (AvgIpc) is 2.62. The molecule has 5 heteroatoms. The van der Waals surface area contributed by atoms with Crippen molar-refractivity contribution in [3.05, 3.63) is 65.5 Å². The molecule has 132 valence electrons. The molecular formula is C20H22FNO3. The van der Waals surface area contributed by atoms with Crippen LogP contribution in [-0.4, -0.2) is 31.6 Å². The van der Waals surface area contributed by atoms with Gasteiger partial charge >= 0.3 is 0 Å². The number of amides is 1. The van der Waals surface area contributed by atoms with Gasteiger partial charge in [-0.1, -0.05) is 18.2 Å². The van der Waals surface area contributed by atoms with Crippen LogP contribution in [0.5, 0.6) is 11.5 Å². The van der Waals surface area contributed by atoms with Gasteiger partial charge in [-0.2, -0.15) is 0 Å². The fourth-order valence-electron chi connectivity index (χ4n) is 2.30. The summed E-state index contributed by atoms with van der Waals surface area (Å²) in [6, 6.07) is 11.6. The summed E-state index contributed by atoms with van der Waals surface area (Å²) >= 11 is 0. The minimum absolute atomic E-state index is 0.142. The number of carbonyl (C=O) groups excluding carboxylic acids is 1. The Labute approximate surface area is 147 Å². The Kier molecular flexibility index (Phi) is 6.57. The van der Waals surface area contributed by atoms with E-state index < -0.39 is 0 Å². The van der Waals surface area contributed by atoms with Crippen molar-refractivity contribution in [2.45, 2.75) is 13.5 Å². The molecular weight excluding hydrogens is 321 g/mol. The minimum atomic E-state index is -0.290. The SMILES string of the molecule is CCOc1ccc(/C=C/C(=O)N(C)Cc2ccc(F)cc2)cc1OC. The first kappa shape index (κ1) is 18.5. The van der Waals surface area contributed by atoms with Crippen molar-refractivity contribution in [1.29, 1.82) is 0 Å². The van der Waals surface area contributed by atoms with Gasteiger partial charge in [0.1, 0.15) is 5.82 Å². The van der Waals surface area contributed by atoms with E-state index in [1.807, 2.05) is 25.1 Å². The molecule has 0 atom stereocenters. The van der Waals surface area contributed by atoms with Crippen molar-refractivity contribution in [3.8, 4) is 11.5 Å². The molecule has 0 N–H and O–H groups in total. The monoisotopic (exact) mass is 343 g/mol. The van der Waals surface area contributed by atoms with Crippen LogP contribution in [0.2, 0.25) is 0 Å². The molecule has 0 unspecified atom stereocenters. The highest BCUT2D eigenvalue weighted by molar-refractivity contribution is 5.91. The van der Waals surface area contributed by atoms with Crippen LogP contribution in [-0.2, 0) is 11.3 Å². The van der Waals surface area contributed by atoms with Crippen LogP contribution in [0.25, 0.3) is 6.08 Å². The largest absolute Gasteiger partial charge is 0.493 e. The number of hydrogen-bond acceptors (Lipinski definition) is 3. The summed E-state index contributed by atoms with van der Waals surface area (Å²) in [6.45, 7) is 2.87. The quantitative estimate of drug-likeness (QED) is 0.716. The minimum Gasteiger partial charge on any atom is -0.493 e. The summed E-state index contributed by atoms with van der Waals surface area (Å²) in [6.07, 6.45) is 3.22. The zero-order chi connectivity index (χ0) is 18.2.